The Bertz CT molecular complexity index is 275. The normalized spacial score (nSPS) is 20.5. The SMILES string of the molecule is [2H]C([2H])([2H])OC(C)(CCC(C)(C)C(C)=O)OO. The van der Waals surface area contributed by atoms with Crippen molar-refractivity contribution in [3.63, 3.8) is 0 Å². The second-order valence-electron chi connectivity index (χ2n) is 4.27. The molecule has 4 nitrogen and oxygen atoms in total. The number of methoxy groups -OCH3 is 1. The fourth-order valence-electron chi connectivity index (χ4n) is 0.831. The summed E-state index contributed by atoms with van der Waals surface area (Å²) in [5.74, 6) is -1.66. The number of carbonyl (C=O) groups is 1. The van der Waals surface area contributed by atoms with E-state index in [0.717, 1.165) is 0 Å². The Balaban J connectivity index is 4.56. The number of carbonyl (C=O) groups excluding carboxylic acids is 1. The Morgan fingerprint density at radius 2 is 2.00 bits per heavy atom. The van der Waals surface area contributed by atoms with Crippen LogP contribution >= 0.6 is 0 Å². The monoisotopic (exact) mass is 207 g/mol. The topological polar surface area (TPSA) is 55.8 Å². The molecule has 0 saturated carbocycles. The van der Waals surface area contributed by atoms with E-state index in [1.165, 1.54) is 13.8 Å². The summed E-state index contributed by atoms with van der Waals surface area (Å²) in [6.45, 7) is 6.25. The minimum Gasteiger partial charge on any atom is -0.351 e. The highest BCUT2D eigenvalue weighted by molar-refractivity contribution is 5.81. The average Bonchev–Trinajstić information content (AvgIpc) is 2.12. The molecule has 0 radical (unpaired) electrons. The number of ketones is 1. The summed E-state index contributed by atoms with van der Waals surface area (Å²) in [4.78, 5) is 15.4. The summed E-state index contributed by atoms with van der Waals surface area (Å²) in [6.07, 6.45) is 0.434. The van der Waals surface area contributed by atoms with Gasteiger partial charge in [0, 0.05) is 18.9 Å². The van der Waals surface area contributed by atoms with E-state index in [4.69, 9.17) is 9.37 Å². The molecule has 0 spiro atoms. The fraction of sp³-hybridized carbons (Fsp3) is 0.900. The highest BCUT2D eigenvalue weighted by Gasteiger charge is 2.31. The molecule has 0 aromatic heterocycles. The third kappa shape index (κ3) is 3.74. The summed E-state index contributed by atoms with van der Waals surface area (Å²) in [5.41, 5.74) is -0.613. The molecule has 84 valence electrons. The van der Waals surface area contributed by atoms with Crippen LogP contribution in [-0.4, -0.2) is 23.9 Å². The predicted molar refractivity (Wildman–Crippen MR) is 52.8 cm³/mol. The Morgan fingerprint density at radius 1 is 1.43 bits per heavy atom. The van der Waals surface area contributed by atoms with Crippen LogP contribution in [0.25, 0.3) is 0 Å². The van der Waals surface area contributed by atoms with Gasteiger partial charge in [0.25, 0.3) is 0 Å². The van der Waals surface area contributed by atoms with E-state index in [1.807, 2.05) is 0 Å². The molecule has 0 bridgehead atoms. The maximum Gasteiger partial charge on any atom is 0.198 e. The largest absolute Gasteiger partial charge is 0.351 e. The zero-order chi connectivity index (χ0) is 13.9. The van der Waals surface area contributed by atoms with Crippen molar-refractivity contribution in [1.29, 1.82) is 0 Å². The van der Waals surface area contributed by atoms with Crippen molar-refractivity contribution in [2.75, 3.05) is 7.04 Å². The van der Waals surface area contributed by atoms with Crippen LogP contribution in [-0.2, 0) is 14.4 Å². The molecule has 1 N–H and O–H groups in total. The average molecular weight is 207 g/mol. The molecule has 0 amide bonds. The van der Waals surface area contributed by atoms with Crippen molar-refractivity contribution < 1.29 is 23.8 Å². The van der Waals surface area contributed by atoms with Gasteiger partial charge in [0.1, 0.15) is 5.78 Å². The fourth-order valence-corrected chi connectivity index (χ4v) is 0.831. The lowest BCUT2D eigenvalue weighted by Gasteiger charge is -2.28. The molecule has 0 aliphatic rings. The summed E-state index contributed by atoms with van der Waals surface area (Å²) in [7, 11) is -2.67. The zero-order valence-electron chi connectivity index (χ0n) is 12.1. The first-order valence-corrected chi connectivity index (χ1v) is 4.46. The van der Waals surface area contributed by atoms with Crippen LogP contribution in [0, 0.1) is 5.41 Å². The van der Waals surface area contributed by atoms with E-state index in [9.17, 15) is 4.79 Å². The molecule has 1 atom stereocenters. The van der Waals surface area contributed by atoms with E-state index in [1.54, 1.807) is 13.8 Å². The van der Waals surface area contributed by atoms with Gasteiger partial charge >= 0.3 is 0 Å². The van der Waals surface area contributed by atoms with Crippen LogP contribution in [0.1, 0.15) is 44.6 Å². The maximum absolute atomic E-state index is 11.3. The second-order valence-corrected chi connectivity index (χ2v) is 4.27. The summed E-state index contributed by atoms with van der Waals surface area (Å²) in [5, 5.41) is 8.72. The highest BCUT2D eigenvalue weighted by atomic mass is 17.1. The number of hydrogen-bond donors (Lipinski definition) is 1. The summed E-state index contributed by atoms with van der Waals surface area (Å²) >= 11 is 0. The molecule has 0 fully saturated rings. The van der Waals surface area contributed by atoms with Crippen molar-refractivity contribution in [3.8, 4) is 0 Å². The van der Waals surface area contributed by atoms with Gasteiger partial charge < -0.3 is 4.74 Å². The Kier molecular flexibility index (Phi) is 3.07. The van der Waals surface area contributed by atoms with Crippen LogP contribution in [0.15, 0.2) is 0 Å². The minimum absolute atomic E-state index is 0.0216. The Hall–Kier alpha value is -0.450. The van der Waals surface area contributed by atoms with Crippen molar-refractivity contribution >= 4 is 5.78 Å². The van der Waals surface area contributed by atoms with Gasteiger partial charge in [0.2, 0.25) is 0 Å². The Morgan fingerprint density at radius 3 is 2.36 bits per heavy atom. The van der Waals surface area contributed by atoms with E-state index in [2.05, 4.69) is 9.62 Å². The molecular formula is C10H20O4. The molecule has 1 unspecified atom stereocenters. The maximum atomic E-state index is 11.3. The number of Topliss-reactive ketones (excluding diaryl/α,β-unsaturated/α-hetero) is 1. The first-order valence-electron chi connectivity index (χ1n) is 5.96. The summed E-state index contributed by atoms with van der Waals surface area (Å²) < 4.78 is 25.6. The standard InChI is InChI=1S/C10H20O4/c1-8(11)9(2,3)6-7-10(4,13-5)14-12/h12H,6-7H2,1-5H3/i5D3. The highest BCUT2D eigenvalue weighted by Crippen LogP contribution is 2.28. The van der Waals surface area contributed by atoms with E-state index in [-0.39, 0.29) is 12.2 Å². The lowest BCUT2D eigenvalue weighted by Crippen LogP contribution is -2.33. The second kappa shape index (κ2) is 4.87. The van der Waals surface area contributed by atoms with Gasteiger partial charge in [0.05, 0.1) is 4.11 Å². The third-order valence-corrected chi connectivity index (χ3v) is 2.57. The first-order chi connectivity index (χ1) is 7.42. The molecular weight excluding hydrogens is 184 g/mol. The molecule has 0 aromatic carbocycles. The van der Waals surface area contributed by atoms with Crippen LogP contribution in [0.5, 0.6) is 0 Å². The van der Waals surface area contributed by atoms with Crippen LogP contribution in [0.2, 0.25) is 0 Å². The van der Waals surface area contributed by atoms with E-state index < -0.39 is 18.2 Å². The van der Waals surface area contributed by atoms with Crippen LogP contribution < -0.4 is 0 Å². The lowest BCUT2D eigenvalue weighted by atomic mass is 9.83. The van der Waals surface area contributed by atoms with Gasteiger partial charge in [-0.1, -0.05) is 13.8 Å². The molecule has 0 aromatic rings. The van der Waals surface area contributed by atoms with Crippen molar-refractivity contribution in [3.05, 3.63) is 0 Å². The van der Waals surface area contributed by atoms with Crippen LogP contribution in [0.4, 0.5) is 0 Å². The quantitative estimate of drug-likeness (QED) is 0.412. The van der Waals surface area contributed by atoms with E-state index >= 15 is 0 Å². The van der Waals surface area contributed by atoms with Gasteiger partial charge in [-0.05, 0) is 20.3 Å². The molecule has 0 aliphatic heterocycles. The van der Waals surface area contributed by atoms with Crippen LogP contribution in [0.3, 0.4) is 0 Å². The Labute approximate surface area is 89.4 Å². The van der Waals surface area contributed by atoms with Crippen molar-refractivity contribution in [2.24, 2.45) is 5.41 Å². The molecule has 14 heavy (non-hydrogen) atoms. The van der Waals surface area contributed by atoms with E-state index in [0.29, 0.717) is 6.42 Å². The number of ether oxygens (including phenoxy) is 1. The smallest absolute Gasteiger partial charge is 0.198 e. The van der Waals surface area contributed by atoms with Gasteiger partial charge in [-0.25, -0.2) is 10.1 Å². The molecule has 0 heterocycles. The van der Waals surface area contributed by atoms with Crippen molar-refractivity contribution in [2.45, 2.75) is 46.3 Å². The lowest BCUT2D eigenvalue weighted by molar-refractivity contribution is -0.394. The minimum atomic E-state index is -2.67. The van der Waals surface area contributed by atoms with Gasteiger partial charge in [-0.15, -0.1) is 0 Å². The molecule has 4 heteroatoms. The first kappa shape index (κ1) is 8.83. The molecule has 0 saturated heterocycles. The molecule has 0 rings (SSSR count). The van der Waals surface area contributed by atoms with Gasteiger partial charge in [0.15, 0.2) is 5.79 Å². The van der Waals surface area contributed by atoms with Crippen molar-refractivity contribution in [1.82, 2.24) is 0 Å². The molecule has 0 aliphatic carbocycles. The third-order valence-electron chi connectivity index (χ3n) is 2.57. The number of rotatable bonds is 6. The zero-order valence-corrected chi connectivity index (χ0v) is 9.09. The summed E-state index contributed by atoms with van der Waals surface area (Å²) in [6, 6.07) is 0. The van der Waals surface area contributed by atoms with Gasteiger partial charge in [-0.2, -0.15) is 0 Å². The number of hydrogen-bond acceptors (Lipinski definition) is 4. The predicted octanol–water partition coefficient (Wildman–Crippen LogP) is 2.23. The van der Waals surface area contributed by atoms with Gasteiger partial charge in [-0.3, -0.25) is 4.79 Å².